The van der Waals surface area contributed by atoms with Crippen LogP contribution >= 0.6 is 23.4 Å². The summed E-state index contributed by atoms with van der Waals surface area (Å²) in [5.74, 6) is 0. The van der Waals surface area contributed by atoms with E-state index in [0.29, 0.717) is 0 Å². The van der Waals surface area contributed by atoms with Crippen LogP contribution in [0.5, 0.6) is 0 Å². The number of likely N-dealkylation sites (N-methyl/N-ethyl adjacent to an activating group) is 1. The van der Waals surface area contributed by atoms with Crippen LogP contribution in [0.2, 0.25) is 5.02 Å². The summed E-state index contributed by atoms with van der Waals surface area (Å²) < 4.78 is 0. The lowest BCUT2D eigenvalue weighted by Crippen LogP contribution is -2.44. The van der Waals surface area contributed by atoms with Crippen LogP contribution in [-0.4, -0.2) is 61.1 Å². The smallest absolute Gasteiger partial charge is 0.101 e. The van der Waals surface area contributed by atoms with Gasteiger partial charge in [0, 0.05) is 54.5 Å². The summed E-state index contributed by atoms with van der Waals surface area (Å²) in [7, 11) is 2.19. The average molecular weight is 377 g/mol. The second-order valence-corrected chi connectivity index (χ2v) is 7.83. The molecule has 1 saturated heterocycles. The fraction of sp³-hybridized carbons (Fsp3) is 0.421. The van der Waals surface area contributed by atoms with Crippen LogP contribution in [0, 0.1) is 0 Å². The molecule has 1 aromatic carbocycles. The Morgan fingerprint density at radius 3 is 2.76 bits per heavy atom. The number of nitrogens with one attached hydrogen (secondary N) is 1. The first-order valence-corrected chi connectivity index (χ1v) is 9.93. The summed E-state index contributed by atoms with van der Waals surface area (Å²) >= 11 is 7.85. The molecule has 1 aromatic heterocycles. The number of hydrogen-bond acceptors (Lipinski definition) is 5. The van der Waals surface area contributed by atoms with E-state index in [1.54, 1.807) is 11.8 Å². The van der Waals surface area contributed by atoms with E-state index in [1.165, 1.54) is 26.2 Å². The summed E-state index contributed by atoms with van der Waals surface area (Å²) in [5, 5.41) is 5.30. The van der Waals surface area contributed by atoms with Crippen molar-refractivity contribution in [2.45, 2.75) is 16.3 Å². The molecule has 0 radical (unpaired) electrons. The van der Waals surface area contributed by atoms with Crippen molar-refractivity contribution in [2.75, 3.05) is 51.6 Å². The molecule has 0 amide bonds. The Kier molecular flexibility index (Phi) is 6.99. The normalized spacial score (nSPS) is 16.1. The number of aromatic nitrogens is 1. The lowest BCUT2D eigenvalue weighted by atomic mass is 10.3. The van der Waals surface area contributed by atoms with Crippen molar-refractivity contribution in [1.82, 2.24) is 14.8 Å². The van der Waals surface area contributed by atoms with E-state index in [1.807, 2.05) is 36.5 Å². The van der Waals surface area contributed by atoms with Gasteiger partial charge in [-0.1, -0.05) is 29.4 Å². The molecule has 3 rings (SSSR count). The third-order valence-electron chi connectivity index (χ3n) is 4.36. The molecule has 0 spiro atoms. The monoisotopic (exact) mass is 376 g/mol. The molecule has 0 bridgehead atoms. The van der Waals surface area contributed by atoms with Gasteiger partial charge in [0.1, 0.15) is 5.03 Å². The molecule has 2 aromatic rings. The molecule has 4 nitrogen and oxygen atoms in total. The van der Waals surface area contributed by atoms with Gasteiger partial charge in [0.2, 0.25) is 0 Å². The lowest BCUT2D eigenvalue weighted by Gasteiger charge is -2.32. The van der Waals surface area contributed by atoms with Crippen molar-refractivity contribution in [2.24, 2.45) is 0 Å². The predicted octanol–water partition coefficient (Wildman–Crippen LogP) is 3.94. The first kappa shape index (κ1) is 18.5. The quantitative estimate of drug-likeness (QED) is 0.740. The zero-order valence-corrected chi connectivity index (χ0v) is 16.2. The molecule has 1 aliphatic rings. The summed E-state index contributed by atoms with van der Waals surface area (Å²) in [5.41, 5.74) is 1.08. The van der Waals surface area contributed by atoms with Gasteiger partial charge in [0.05, 0.1) is 0 Å². The van der Waals surface area contributed by atoms with Gasteiger partial charge in [0.25, 0.3) is 0 Å². The highest BCUT2D eigenvalue weighted by Gasteiger charge is 2.13. The van der Waals surface area contributed by atoms with Crippen LogP contribution in [0.25, 0.3) is 0 Å². The van der Waals surface area contributed by atoms with E-state index in [2.05, 4.69) is 33.2 Å². The lowest BCUT2D eigenvalue weighted by molar-refractivity contribution is 0.154. The van der Waals surface area contributed by atoms with E-state index in [4.69, 9.17) is 11.6 Å². The molecule has 6 heteroatoms. The molecule has 25 heavy (non-hydrogen) atoms. The minimum Gasteiger partial charge on any atom is -0.384 e. The summed E-state index contributed by atoms with van der Waals surface area (Å²) in [6.07, 6.45) is 2.95. The van der Waals surface area contributed by atoms with Gasteiger partial charge >= 0.3 is 0 Å². The average Bonchev–Trinajstić information content (AvgIpc) is 2.63. The van der Waals surface area contributed by atoms with Gasteiger partial charge in [-0.3, -0.25) is 0 Å². The van der Waals surface area contributed by atoms with Crippen LogP contribution in [0.15, 0.2) is 52.5 Å². The van der Waals surface area contributed by atoms with Crippen LogP contribution in [0.3, 0.4) is 0 Å². The Labute approximate surface area is 159 Å². The SMILES string of the molecule is CN1CCN(CCCNc2cc(Cl)ccc2Sc2ccccn2)CC1. The molecular formula is C19H25ClN4S. The highest BCUT2D eigenvalue weighted by atomic mass is 35.5. The van der Waals surface area contributed by atoms with Crippen molar-refractivity contribution in [3.8, 4) is 0 Å². The Bertz CT molecular complexity index is 660. The third kappa shape index (κ3) is 5.89. The number of benzene rings is 1. The second-order valence-electron chi connectivity index (χ2n) is 6.34. The number of piperazine rings is 1. The van der Waals surface area contributed by atoms with Gasteiger partial charge in [-0.25, -0.2) is 4.98 Å². The highest BCUT2D eigenvalue weighted by Crippen LogP contribution is 2.34. The molecule has 1 fully saturated rings. The minimum atomic E-state index is 0.756. The Morgan fingerprint density at radius 2 is 2.00 bits per heavy atom. The zero-order valence-electron chi connectivity index (χ0n) is 14.6. The Hall–Kier alpha value is -1.27. The fourth-order valence-electron chi connectivity index (χ4n) is 2.85. The number of pyridine rings is 1. The van der Waals surface area contributed by atoms with Crippen molar-refractivity contribution in [3.05, 3.63) is 47.6 Å². The van der Waals surface area contributed by atoms with E-state index in [0.717, 1.165) is 40.1 Å². The molecule has 134 valence electrons. The van der Waals surface area contributed by atoms with Gasteiger partial charge in [-0.15, -0.1) is 0 Å². The van der Waals surface area contributed by atoms with Crippen molar-refractivity contribution in [1.29, 1.82) is 0 Å². The molecule has 2 heterocycles. The molecule has 0 unspecified atom stereocenters. The van der Waals surface area contributed by atoms with E-state index >= 15 is 0 Å². The predicted molar refractivity (Wildman–Crippen MR) is 107 cm³/mol. The molecule has 1 aliphatic heterocycles. The maximum atomic E-state index is 6.19. The van der Waals surface area contributed by atoms with Crippen LogP contribution < -0.4 is 5.32 Å². The highest BCUT2D eigenvalue weighted by molar-refractivity contribution is 7.99. The maximum absolute atomic E-state index is 6.19. The maximum Gasteiger partial charge on any atom is 0.101 e. The van der Waals surface area contributed by atoms with E-state index in [9.17, 15) is 0 Å². The van der Waals surface area contributed by atoms with Gasteiger partial charge in [-0.05, 0) is 50.3 Å². The minimum absolute atomic E-state index is 0.756. The zero-order chi connectivity index (χ0) is 17.5. The van der Waals surface area contributed by atoms with Crippen molar-refractivity contribution < 1.29 is 0 Å². The van der Waals surface area contributed by atoms with E-state index < -0.39 is 0 Å². The Morgan fingerprint density at radius 1 is 1.16 bits per heavy atom. The number of hydrogen-bond donors (Lipinski definition) is 1. The first-order valence-electron chi connectivity index (χ1n) is 8.74. The Balaban J connectivity index is 1.52. The molecule has 0 saturated carbocycles. The molecule has 1 N–H and O–H groups in total. The topological polar surface area (TPSA) is 31.4 Å². The van der Waals surface area contributed by atoms with Crippen LogP contribution in [0.1, 0.15) is 6.42 Å². The number of rotatable bonds is 7. The first-order chi connectivity index (χ1) is 12.2. The second kappa shape index (κ2) is 9.43. The largest absolute Gasteiger partial charge is 0.384 e. The summed E-state index contributed by atoms with van der Waals surface area (Å²) in [6.45, 7) is 6.79. The van der Waals surface area contributed by atoms with Gasteiger partial charge < -0.3 is 15.1 Å². The van der Waals surface area contributed by atoms with Gasteiger partial charge in [-0.2, -0.15) is 0 Å². The third-order valence-corrected chi connectivity index (χ3v) is 5.62. The fourth-order valence-corrected chi connectivity index (χ4v) is 3.88. The number of nitrogens with zero attached hydrogens (tertiary/aromatic N) is 3. The van der Waals surface area contributed by atoms with Crippen LogP contribution in [0.4, 0.5) is 5.69 Å². The van der Waals surface area contributed by atoms with E-state index in [-0.39, 0.29) is 0 Å². The van der Waals surface area contributed by atoms with Crippen LogP contribution in [-0.2, 0) is 0 Å². The molecular weight excluding hydrogens is 352 g/mol. The van der Waals surface area contributed by atoms with Crippen molar-refractivity contribution in [3.63, 3.8) is 0 Å². The van der Waals surface area contributed by atoms with Crippen molar-refractivity contribution >= 4 is 29.1 Å². The summed E-state index contributed by atoms with van der Waals surface area (Å²) in [4.78, 5) is 10.5. The summed E-state index contributed by atoms with van der Waals surface area (Å²) in [6, 6.07) is 12.0. The number of halogens is 1. The standard InChI is InChI=1S/C19H25ClN4S/c1-23-11-13-24(14-12-23)10-4-9-21-17-15-16(20)6-7-18(17)25-19-5-2-3-8-22-19/h2-3,5-8,15,21H,4,9-14H2,1H3. The number of anilines is 1. The molecule has 0 aliphatic carbocycles. The molecule has 0 atom stereocenters. The van der Waals surface area contributed by atoms with Gasteiger partial charge in [0.15, 0.2) is 0 Å².